The molecule has 0 amide bonds. The van der Waals surface area contributed by atoms with Crippen molar-refractivity contribution in [2.75, 3.05) is 6.61 Å². The first-order valence-electron chi connectivity index (χ1n) is 14.3. The molecule has 0 aromatic heterocycles. The maximum Gasteiger partial charge on any atom is 0.305 e. The van der Waals surface area contributed by atoms with Crippen LogP contribution in [0.15, 0.2) is 42.5 Å². The second kappa shape index (κ2) is 14.3. The molecule has 1 aliphatic rings. The normalized spacial score (nSPS) is 12.8. The van der Waals surface area contributed by atoms with Crippen LogP contribution >= 0.6 is 0 Å². The van der Waals surface area contributed by atoms with Crippen molar-refractivity contribution >= 4 is 17.5 Å². The van der Waals surface area contributed by atoms with E-state index in [-0.39, 0.29) is 23.0 Å². The van der Waals surface area contributed by atoms with Gasteiger partial charge in [0.1, 0.15) is 0 Å². The lowest BCUT2D eigenvalue weighted by Gasteiger charge is -2.27. The molecule has 2 aromatic carbocycles. The highest BCUT2D eigenvalue weighted by Crippen LogP contribution is 2.34. The third-order valence-electron chi connectivity index (χ3n) is 7.65. The van der Waals surface area contributed by atoms with Crippen molar-refractivity contribution in [1.29, 1.82) is 0 Å². The summed E-state index contributed by atoms with van der Waals surface area (Å²) in [5, 5.41) is 0. The minimum absolute atomic E-state index is 0.0975. The smallest absolute Gasteiger partial charge is 0.305 e. The highest BCUT2D eigenvalue weighted by Gasteiger charge is 2.31. The second-order valence-corrected chi connectivity index (χ2v) is 11.1. The van der Waals surface area contributed by atoms with E-state index >= 15 is 0 Å². The molecule has 0 unspecified atom stereocenters. The zero-order chi connectivity index (χ0) is 26.7. The average Bonchev–Trinajstić information content (AvgIpc) is 2.90. The van der Waals surface area contributed by atoms with Gasteiger partial charge in [-0.25, -0.2) is 0 Å². The van der Waals surface area contributed by atoms with E-state index in [1.54, 1.807) is 30.3 Å². The standard InChI is InChI=1S/C33H44O4/c1-4-5-6-7-8-9-10-11-12-15-23-37-30(34)19-16-22-33(2,3)25-20-21-28-29(24-25)32(36)27-18-14-13-17-26(27)31(28)35/h13-14,17-18,20-21,24H,4-12,15-16,19,22-23H2,1-3H3. The molecule has 0 spiro atoms. The van der Waals surface area contributed by atoms with Crippen molar-refractivity contribution in [1.82, 2.24) is 0 Å². The molecule has 0 bridgehead atoms. The van der Waals surface area contributed by atoms with Gasteiger partial charge in [-0.15, -0.1) is 0 Å². The molecule has 0 N–H and O–H groups in total. The quantitative estimate of drug-likeness (QED) is 0.145. The van der Waals surface area contributed by atoms with Crippen LogP contribution in [0, 0.1) is 0 Å². The van der Waals surface area contributed by atoms with Crippen LogP contribution in [0.2, 0.25) is 0 Å². The van der Waals surface area contributed by atoms with Gasteiger partial charge in [-0.05, 0) is 42.4 Å². The number of carbonyl (C=O) groups is 3. The predicted octanol–water partition coefficient (Wildman–Crippen LogP) is 8.37. The molecule has 4 heteroatoms. The van der Waals surface area contributed by atoms with Crippen molar-refractivity contribution in [2.24, 2.45) is 0 Å². The summed E-state index contributed by atoms with van der Waals surface area (Å²) in [4.78, 5) is 38.2. The third kappa shape index (κ3) is 8.12. The Kier molecular flexibility index (Phi) is 11.1. The summed E-state index contributed by atoms with van der Waals surface area (Å²) in [7, 11) is 0. The number of rotatable bonds is 16. The predicted molar refractivity (Wildman–Crippen MR) is 149 cm³/mol. The molecule has 0 saturated heterocycles. The van der Waals surface area contributed by atoms with Crippen molar-refractivity contribution < 1.29 is 19.1 Å². The Labute approximate surface area is 223 Å². The van der Waals surface area contributed by atoms with E-state index in [0.717, 1.165) is 31.2 Å². The Hall–Kier alpha value is -2.75. The first-order chi connectivity index (χ1) is 17.8. The van der Waals surface area contributed by atoms with Crippen molar-refractivity contribution in [3.8, 4) is 0 Å². The van der Waals surface area contributed by atoms with Crippen molar-refractivity contribution in [2.45, 2.75) is 110 Å². The number of esters is 1. The summed E-state index contributed by atoms with van der Waals surface area (Å²) in [5.41, 5.74) is 2.67. The third-order valence-corrected chi connectivity index (χ3v) is 7.65. The topological polar surface area (TPSA) is 60.4 Å². The number of hydrogen-bond donors (Lipinski definition) is 0. The Balaban J connectivity index is 1.37. The summed E-state index contributed by atoms with van der Waals surface area (Å²) < 4.78 is 5.45. The number of ether oxygens (including phenoxy) is 1. The zero-order valence-corrected chi connectivity index (χ0v) is 23.1. The van der Waals surface area contributed by atoms with Crippen LogP contribution in [0.25, 0.3) is 0 Å². The molecule has 37 heavy (non-hydrogen) atoms. The summed E-state index contributed by atoms with van der Waals surface area (Å²) in [6.45, 7) is 7.00. The van der Waals surface area contributed by atoms with Gasteiger partial charge in [0.25, 0.3) is 0 Å². The van der Waals surface area contributed by atoms with Gasteiger partial charge in [-0.3, -0.25) is 14.4 Å². The fourth-order valence-electron chi connectivity index (χ4n) is 5.19. The van der Waals surface area contributed by atoms with Crippen LogP contribution in [-0.2, 0) is 14.9 Å². The lowest BCUT2D eigenvalue weighted by molar-refractivity contribution is -0.143. The Morgan fingerprint density at radius 3 is 1.86 bits per heavy atom. The van der Waals surface area contributed by atoms with Gasteiger partial charge in [-0.1, -0.05) is 109 Å². The molecule has 0 aliphatic heterocycles. The van der Waals surface area contributed by atoms with E-state index in [9.17, 15) is 14.4 Å². The Morgan fingerprint density at radius 2 is 1.24 bits per heavy atom. The molecule has 0 fully saturated rings. The fraction of sp³-hybridized carbons (Fsp3) is 0.545. The minimum Gasteiger partial charge on any atom is -0.466 e. The van der Waals surface area contributed by atoms with Crippen LogP contribution < -0.4 is 0 Å². The molecule has 1 aliphatic carbocycles. The van der Waals surface area contributed by atoms with Crippen LogP contribution in [0.5, 0.6) is 0 Å². The Morgan fingerprint density at radius 1 is 0.703 bits per heavy atom. The highest BCUT2D eigenvalue weighted by atomic mass is 16.5. The second-order valence-electron chi connectivity index (χ2n) is 11.1. The highest BCUT2D eigenvalue weighted by molar-refractivity contribution is 6.28. The maximum atomic E-state index is 13.1. The summed E-state index contributed by atoms with van der Waals surface area (Å²) in [6.07, 6.45) is 14.5. The minimum atomic E-state index is -0.230. The number of benzene rings is 2. The average molecular weight is 505 g/mol. The van der Waals surface area contributed by atoms with Gasteiger partial charge in [0.05, 0.1) is 6.61 Å². The zero-order valence-electron chi connectivity index (χ0n) is 23.1. The number of carbonyl (C=O) groups excluding carboxylic acids is 3. The van der Waals surface area contributed by atoms with Crippen LogP contribution in [0.1, 0.15) is 142 Å². The SMILES string of the molecule is CCCCCCCCCCCCOC(=O)CCCC(C)(C)c1ccc2c(c1)C(=O)c1ccccc1C2=O. The van der Waals surface area contributed by atoms with E-state index in [1.165, 1.54) is 51.4 Å². The van der Waals surface area contributed by atoms with Crippen molar-refractivity contribution in [3.63, 3.8) is 0 Å². The van der Waals surface area contributed by atoms with E-state index in [4.69, 9.17) is 4.74 Å². The molecule has 3 rings (SSSR count). The van der Waals surface area contributed by atoms with Gasteiger partial charge >= 0.3 is 5.97 Å². The largest absolute Gasteiger partial charge is 0.466 e. The van der Waals surface area contributed by atoms with Gasteiger partial charge in [-0.2, -0.15) is 0 Å². The van der Waals surface area contributed by atoms with Gasteiger partial charge in [0.2, 0.25) is 0 Å². The molecule has 0 heterocycles. The molecule has 0 atom stereocenters. The summed E-state index contributed by atoms with van der Waals surface area (Å²) in [5.74, 6) is -0.326. The lowest BCUT2D eigenvalue weighted by atomic mass is 9.76. The maximum absolute atomic E-state index is 13.1. The number of hydrogen-bond acceptors (Lipinski definition) is 4. The van der Waals surface area contributed by atoms with Gasteiger partial charge in [0, 0.05) is 28.7 Å². The molecular formula is C33H44O4. The molecule has 0 radical (unpaired) electrons. The van der Waals surface area contributed by atoms with E-state index < -0.39 is 0 Å². The number of unbranched alkanes of at least 4 members (excludes halogenated alkanes) is 9. The molecule has 2 aromatic rings. The van der Waals surface area contributed by atoms with Crippen LogP contribution in [0.3, 0.4) is 0 Å². The summed E-state index contributed by atoms with van der Waals surface area (Å²) >= 11 is 0. The van der Waals surface area contributed by atoms with Crippen molar-refractivity contribution in [3.05, 3.63) is 70.3 Å². The molecular weight excluding hydrogens is 460 g/mol. The fourth-order valence-corrected chi connectivity index (χ4v) is 5.19. The number of fused-ring (bicyclic) bond motifs is 2. The molecule has 4 nitrogen and oxygen atoms in total. The monoisotopic (exact) mass is 504 g/mol. The first kappa shape index (κ1) is 28.8. The molecule has 0 saturated carbocycles. The van der Waals surface area contributed by atoms with Crippen LogP contribution in [-0.4, -0.2) is 24.1 Å². The first-order valence-corrected chi connectivity index (χ1v) is 14.3. The van der Waals surface area contributed by atoms with Gasteiger partial charge in [0.15, 0.2) is 11.6 Å². The van der Waals surface area contributed by atoms with E-state index in [1.807, 2.05) is 12.1 Å². The van der Waals surface area contributed by atoms with E-state index in [0.29, 0.717) is 35.3 Å². The van der Waals surface area contributed by atoms with Crippen LogP contribution in [0.4, 0.5) is 0 Å². The summed E-state index contributed by atoms with van der Waals surface area (Å²) in [6, 6.07) is 12.6. The molecule has 200 valence electrons. The van der Waals surface area contributed by atoms with Gasteiger partial charge < -0.3 is 4.74 Å². The number of ketones is 2. The van der Waals surface area contributed by atoms with E-state index in [2.05, 4.69) is 20.8 Å². The Bertz CT molecular complexity index is 1070. The lowest BCUT2D eigenvalue weighted by Crippen LogP contribution is -2.23.